The van der Waals surface area contributed by atoms with Gasteiger partial charge >= 0.3 is 0 Å². The van der Waals surface area contributed by atoms with E-state index in [0.717, 1.165) is 22.6 Å². The molecule has 5 heteroatoms. The van der Waals surface area contributed by atoms with Crippen molar-refractivity contribution in [1.29, 1.82) is 0 Å². The summed E-state index contributed by atoms with van der Waals surface area (Å²) < 4.78 is 29.9. The third kappa shape index (κ3) is 2.94. The van der Waals surface area contributed by atoms with Crippen molar-refractivity contribution >= 4 is 15.9 Å². The van der Waals surface area contributed by atoms with Gasteiger partial charge in [0.15, 0.2) is 11.5 Å². The lowest BCUT2D eigenvalue weighted by molar-refractivity contribution is 0.106. The zero-order chi connectivity index (χ0) is 13.9. The molecule has 0 fully saturated rings. The lowest BCUT2D eigenvalue weighted by Gasteiger charge is -2.07. The topological polar surface area (TPSA) is 27.7 Å². The Hall–Kier alpha value is -1.59. The van der Waals surface area contributed by atoms with Gasteiger partial charge in [-0.1, -0.05) is 28.1 Å². The van der Waals surface area contributed by atoms with Crippen LogP contribution >= 0.6 is 15.9 Å². The summed E-state index contributed by atoms with van der Waals surface area (Å²) in [5.41, 5.74) is 1.92. The summed E-state index contributed by atoms with van der Waals surface area (Å²) in [6.45, 7) is 1.14. The molecule has 1 aliphatic heterocycles. The van der Waals surface area contributed by atoms with Gasteiger partial charge in [0.05, 0.1) is 13.2 Å². The molecule has 0 aromatic heterocycles. The fourth-order valence-corrected chi connectivity index (χ4v) is 2.41. The summed E-state index contributed by atoms with van der Waals surface area (Å²) in [6, 6.07) is 10.3. The smallest absolute Gasteiger partial charge is 0.231 e. The number of ether oxygens (including phenoxy) is 3. The zero-order valence-corrected chi connectivity index (χ0v) is 12.2. The monoisotopic (exact) mass is 338 g/mol. The fourth-order valence-electron chi connectivity index (χ4n) is 1.95. The van der Waals surface area contributed by atoms with Gasteiger partial charge in [0, 0.05) is 4.47 Å². The van der Waals surface area contributed by atoms with Crippen LogP contribution in [0.4, 0.5) is 4.39 Å². The summed E-state index contributed by atoms with van der Waals surface area (Å²) in [4.78, 5) is 0. The van der Waals surface area contributed by atoms with Gasteiger partial charge in [-0.05, 0) is 35.4 Å². The molecule has 1 heterocycles. The highest BCUT2D eigenvalue weighted by molar-refractivity contribution is 9.10. The van der Waals surface area contributed by atoms with Crippen LogP contribution in [0.5, 0.6) is 11.5 Å². The van der Waals surface area contributed by atoms with Crippen molar-refractivity contribution in [2.75, 3.05) is 6.79 Å². The predicted molar refractivity (Wildman–Crippen MR) is 75.2 cm³/mol. The highest BCUT2D eigenvalue weighted by Gasteiger charge is 2.13. The number of hydrogen-bond acceptors (Lipinski definition) is 3. The minimum Gasteiger partial charge on any atom is -0.454 e. The van der Waals surface area contributed by atoms with Gasteiger partial charge in [0.1, 0.15) is 5.82 Å². The number of halogens is 2. The Morgan fingerprint density at radius 2 is 1.90 bits per heavy atom. The summed E-state index contributed by atoms with van der Waals surface area (Å²) in [5, 5.41) is 0. The van der Waals surface area contributed by atoms with Crippen molar-refractivity contribution in [3.05, 3.63) is 57.8 Å². The van der Waals surface area contributed by atoms with Crippen LogP contribution < -0.4 is 9.47 Å². The highest BCUT2D eigenvalue weighted by atomic mass is 79.9. The first-order valence-corrected chi connectivity index (χ1v) is 6.92. The maximum absolute atomic E-state index is 13.0. The normalized spacial score (nSPS) is 12.7. The Morgan fingerprint density at radius 1 is 1.05 bits per heavy atom. The molecule has 3 nitrogen and oxygen atoms in total. The van der Waals surface area contributed by atoms with E-state index in [-0.39, 0.29) is 12.6 Å². The molecule has 3 rings (SSSR count). The van der Waals surface area contributed by atoms with Crippen LogP contribution in [-0.2, 0) is 18.0 Å². The van der Waals surface area contributed by atoms with Crippen LogP contribution in [0.2, 0.25) is 0 Å². The second kappa shape index (κ2) is 5.81. The Kier molecular flexibility index (Phi) is 3.89. The van der Waals surface area contributed by atoms with Crippen LogP contribution in [0.15, 0.2) is 40.9 Å². The first-order valence-electron chi connectivity index (χ1n) is 6.12. The Balaban J connectivity index is 1.60. The molecule has 0 amide bonds. The van der Waals surface area contributed by atoms with Crippen LogP contribution in [0.3, 0.4) is 0 Å². The van der Waals surface area contributed by atoms with Crippen LogP contribution in [0, 0.1) is 5.82 Å². The van der Waals surface area contributed by atoms with Crippen molar-refractivity contribution in [1.82, 2.24) is 0 Å². The van der Waals surface area contributed by atoms with Crippen molar-refractivity contribution in [2.45, 2.75) is 13.2 Å². The molecule has 0 aliphatic carbocycles. The van der Waals surface area contributed by atoms with Gasteiger partial charge in [0.25, 0.3) is 0 Å². The van der Waals surface area contributed by atoms with Gasteiger partial charge in [-0.25, -0.2) is 4.39 Å². The molecule has 0 radical (unpaired) electrons. The fraction of sp³-hybridized carbons (Fsp3) is 0.200. The third-order valence-corrected chi connectivity index (χ3v) is 3.72. The summed E-state index contributed by atoms with van der Waals surface area (Å²) in [6.07, 6.45) is 0. The van der Waals surface area contributed by atoms with E-state index in [9.17, 15) is 4.39 Å². The minimum absolute atomic E-state index is 0.266. The number of hydrogen-bond donors (Lipinski definition) is 0. The van der Waals surface area contributed by atoms with E-state index >= 15 is 0 Å². The molecule has 2 aromatic carbocycles. The molecule has 0 N–H and O–H groups in total. The molecule has 0 spiro atoms. The Bertz CT molecular complexity index is 631. The molecular formula is C15H12BrFO3. The number of rotatable bonds is 4. The van der Waals surface area contributed by atoms with Gasteiger partial charge < -0.3 is 14.2 Å². The van der Waals surface area contributed by atoms with Crippen molar-refractivity contribution in [3.63, 3.8) is 0 Å². The number of fused-ring (bicyclic) bond motifs is 1. The van der Waals surface area contributed by atoms with Gasteiger partial charge in [0.2, 0.25) is 6.79 Å². The van der Waals surface area contributed by atoms with Crippen LogP contribution in [-0.4, -0.2) is 6.79 Å². The first kappa shape index (κ1) is 13.4. The lowest BCUT2D eigenvalue weighted by atomic mass is 10.2. The molecule has 2 aromatic rings. The van der Waals surface area contributed by atoms with E-state index in [4.69, 9.17) is 14.2 Å². The lowest BCUT2D eigenvalue weighted by Crippen LogP contribution is -1.96. The minimum atomic E-state index is -0.267. The standard InChI is InChI=1S/C15H12BrFO3/c16-13-6-12(17)3-2-11(13)8-18-7-10-1-4-14-15(5-10)20-9-19-14/h1-6H,7-9H2. The van der Waals surface area contributed by atoms with E-state index in [1.807, 2.05) is 18.2 Å². The molecule has 1 aliphatic rings. The van der Waals surface area contributed by atoms with Gasteiger partial charge in [-0.15, -0.1) is 0 Å². The molecule has 0 saturated carbocycles. The molecule has 0 bridgehead atoms. The van der Waals surface area contributed by atoms with E-state index < -0.39 is 0 Å². The largest absolute Gasteiger partial charge is 0.454 e. The second-order valence-electron chi connectivity index (χ2n) is 4.42. The van der Waals surface area contributed by atoms with E-state index in [1.165, 1.54) is 12.1 Å². The summed E-state index contributed by atoms with van der Waals surface area (Å²) in [7, 11) is 0. The predicted octanol–water partition coefficient (Wildman–Crippen LogP) is 4.03. The molecule has 0 saturated heterocycles. The van der Waals surface area contributed by atoms with Gasteiger partial charge in [-0.3, -0.25) is 0 Å². The van der Waals surface area contributed by atoms with Crippen LogP contribution in [0.25, 0.3) is 0 Å². The molecule has 20 heavy (non-hydrogen) atoms. The summed E-state index contributed by atoms with van der Waals surface area (Å²) in [5.74, 6) is 1.24. The first-order chi connectivity index (χ1) is 9.72. The Labute approximate surface area is 124 Å². The van der Waals surface area contributed by atoms with E-state index in [2.05, 4.69) is 15.9 Å². The van der Waals surface area contributed by atoms with Crippen molar-refractivity contribution < 1.29 is 18.6 Å². The van der Waals surface area contributed by atoms with Crippen molar-refractivity contribution in [3.8, 4) is 11.5 Å². The van der Waals surface area contributed by atoms with E-state index in [0.29, 0.717) is 17.7 Å². The SMILES string of the molecule is Fc1ccc(COCc2ccc3c(c2)OCO3)c(Br)c1. The highest BCUT2D eigenvalue weighted by Crippen LogP contribution is 2.32. The molecular weight excluding hydrogens is 327 g/mol. The van der Waals surface area contributed by atoms with Crippen LogP contribution in [0.1, 0.15) is 11.1 Å². The van der Waals surface area contributed by atoms with E-state index in [1.54, 1.807) is 6.07 Å². The van der Waals surface area contributed by atoms with Gasteiger partial charge in [-0.2, -0.15) is 0 Å². The quantitative estimate of drug-likeness (QED) is 0.842. The molecule has 0 unspecified atom stereocenters. The average Bonchev–Trinajstić information content (AvgIpc) is 2.89. The average molecular weight is 339 g/mol. The zero-order valence-electron chi connectivity index (χ0n) is 10.6. The Morgan fingerprint density at radius 3 is 2.75 bits per heavy atom. The third-order valence-electron chi connectivity index (χ3n) is 2.98. The second-order valence-corrected chi connectivity index (χ2v) is 5.27. The number of benzene rings is 2. The maximum Gasteiger partial charge on any atom is 0.231 e. The van der Waals surface area contributed by atoms with Crippen molar-refractivity contribution in [2.24, 2.45) is 0 Å². The summed E-state index contributed by atoms with van der Waals surface area (Å²) >= 11 is 3.32. The maximum atomic E-state index is 13.0. The molecule has 0 atom stereocenters. The molecule has 104 valence electrons.